The highest BCUT2D eigenvalue weighted by Crippen LogP contribution is 2.28. The number of hydrogen-bond donors (Lipinski definition) is 1. The van der Waals surface area contributed by atoms with Gasteiger partial charge in [-0.1, -0.05) is 0 Å². The smallest absolute Gasteiger partial charge is 0.350 e. The van der Waals surface area contributed by atoms with Crippen LogP contribution in [0.15, 0.2) is 5.38 Å². The number of rotatable bonds is 4. The Morgan fingerprint density at radius 1 is 1.37 bits per heavy atom. The maximum absolute atomic E-state index is 11.8. The highest BCUT2D eigenvalue weighted by Gasteiger charge is 2.19. The Hall–Kier alpha value is -1.40. The molecule has 0 spiro atoms. The van der Waals surface area contributed by atoms with Crippen molar-refractivity contribution in [2.24, 2.45) is 0 Å². The molecule has 0 fully saturated rings. The van der Waals surface area contributed by atoms with Crippen molar-refractivity contribution in [2.75, 3.05) is 19.0 Å². The number of amides is 1. The first kappa shape index (κ1) is 15.7. The van der Waals surface area contributed by atoms with Crippen molar-refractivity contribution in [3.05, 3.63) is 15.8 Å². The van der Waals surface area contributed by atoms with Crippen molar-refractivity contribution in [2.45, 2.75) is 33.3 Å². The molecule has 6 heteroatoms. The Balaban J connectivity index is 2.74. The van der Waals surface area contributed by atoms with Crippen LogP contribution in [0.25, 0.3) is 0 Å². The molecule has 0 aliphatic carbocycles. The van der Waals surface area contributed by atoms with Crippen LogP contribution < -0.4 is 5.32 Å². The minimum Gasteiger partial charge on any atom is -0.465 e. The molecule has 1 heterocycles. The number of ether oxygens (including phenoxy) is 2. The molecule has 5 nitrogen and oxygen atoms in total. The maximum atomic E-state index is 11.8. The first-order chi connectivity index (χ1) is 8.74. The molecular weight excluding hydrogens is 266 g/mol. The van der Waals surface area contributed by atoms with E-state index in [0.717, 1.165) is 5.56 Å². The zero-order valence-corrected chi connectivity index (χ0v) is 12.6. The average Bonchev–Trinajstić information content (AvgIpc) is 2.67. The summed E-state index contributed by atoms with van der Waals surface area (Å²) in [5, 5.41) is 4.49. The summed E-state index contributed by atoms with van der Waals surface area (Å²) in [6, 6.07) is 0. The van der Waals surface area contributed by atoms with Gasteiger partial charge in [-0.2, -0.15) is 0 Å². The van der Waals surface area contributed by atoms with Gasteiger partial charge in [0.15, 0.2) is 0 Å². The molecule has 1 aromatic rings. The predicted molar refractivity (Wildman–Crippen MR) is 74.7 cm³/mol. The summed E-state index contributed by atoms with van der Waals surface area (Å²) in [6.07, 6.45) is 0. The van der Waals surface area contributed by atoms with Crippen LogP contribution in [-0.4, -0.2) is 31.2 Å². The van der Waals surface area contributed by atoms with E-state index < -0.39 is 5.97 Å². The topological polar surface area (TPSA) is 64.6 Å². The van der Waals surface area contributed by atoms with Gasteiger partial charge in [-0.25, -0.2) is 4.79 Å². The van der Waals surface area contributed by atoms with Gasteiger partial charge in [0.2, 0.25) is 5.91 Å². The van der Waals surface area contributed by atoms with E-state index in [4.69, 9.17) is 4.74 Å². The van der Waals surface area contributed by atoms with Crippen molar-refractivity contribution in [3.63, 3.8) is 0 Å². The molecule has 0 unspecified atom stereocenters. The summed E-state index contributed by atoms with van der Waals surface area (Å²) in [5.41, 5.74) is 0.945. The van der Waals surface area contributed by atoms with E-state index in [2.05, 4.69) is 10.1 Å². The Morgan fingerprint density at radius 2 is 2.00 bits per heavy atom. The molecule has 0 saturated carbocycles. The second kappa shape index (κ2) is 6.16. The van der Waals surface area contributed by atoms with Crippen LogP contribution in [0.5, 0.6) is 0 Å². The van der Waals surface area contributed by atoms with Gasteiger partial charge >= 0.3 is 5.97 Å². The highest BCUT2D eigenvalue weighted by molar-refractivity contribution is 7.12. The number of anilines is 1. The van der Waals surface area contributed by atoms with E-state index >= 15 is 0 Å². The molecule has 19 heavy (non-hydrogen) atoms. The standard InChI is InChI=1S/C13H19NO4S/c1-8-7-19-11(12(16)17-5)10(8)14-9(15)6-18-13(2,3)4/h7H,6H2,1-5H3,(H,14,15). The lowest BCUT2D eigenvalue weighted by atomic mass is 10.2. The van der Waals surface area contributed by atoms with Crippen LogP contribution >= 0.6 is 11.3 Å². The predicted octanol–water partition coefficient (Wildman–Crippen LogP) is 2.60. The van der Waals surface area contributed by atoms with Crippen molar-refractivity contribution >= 4 is 28.9 Å². The summed E-state index contributed by atoms with van der Waals surface area (Å²) in [4.78, 5) is 23.7. The van der Waals surface area contributed by atoms with E-state index in [1.165, 1.54) is 18.4 Å². The van der Waals surface area contributed by atoms with Crippen molar-refractivity contribution < 1.29 is 19.1 Å². The molecule has 1 rings (SSSR count). The Morgan fingerprint density at radius 3 is 2.53 bits per heavy atom. The second-order valence-corrected chi connectivity index (χ2v) is 5.94. The van der Waals surface area contributed by atoms with Crippen LogP contribution in [0.4, 0.5) is 5.69 Å². The Labute approximate surface area is 116 Å². The lowest BCUT2D eigenvalue weighted by Crippen LogP contribution is -2.27. The third-order valence-corrected chi connectivity index (χ3v) is 3.32. The number of aryl methyl sites for hydroxylation is 1. The molecule has 0 aliphatic heterocycles. The van der Waals surface area contributed by atoms with Crippen LogP contribution in [0.3, 0.4) is 0 Å². The van der Waals surface area contributed by atoms with Gasteiger partial charge in [0.25, 0.3) is 0 Å². The normalized spacial score (nSPS) is 11.2. The first-order valence-corrected chi connectivity index (χ1v) is 6.73. The number of esters is 1. The van der Waals surface area contributed by atoms with Crippen LogP contribution in [0.1, 0.15) is 36.0 Å². The van der Waals surface area contributed by atoms with Crippen LogP contribution in [-0.2, 0) is 14.3 Å². The van der Waals surface area contributed by atoms with Crippen molar-refractivity contribution in [1.29, 1.82) is 0 Å². The minimum absolute atomic E-state index is 0.0562. The third kappa shape index (κ3) is 4.65. The third-order valence-electron chi connectivity index (χ3n) is 2.25. The lowest BCUT2D eigenvalue weighted by molar-refractivity contribution is -0.125. The molecule has 1 N–H and O–H groups in total. The first-order valence-electron chi connectivity index (χ1n) is 5.85. The summed E-state index contributed by atoms with van der Waals surface area (Å²) in [7, 11) is 1.31. The molecule has 0 saturated heterocycles. The van der Waals surface area contributed by atoms with E-state index in [9.17, 15) is 9.59 Å². The molecule has 0 bridgehead atoms. The average molecular weight is 285 g/mol. The fourth-order valence-corrected chi connectivity index (χ4v) is 2.22. The maximum Gasteiger partial charge on any atom is 0.350 e. The van der Waals surface area contributed by atoms with Crippen molar-refractivity contribution in [3.8, 4) is 0 Å². The SMILES string of the molecule is COC(=O)c1scc(C)c1NC(=O)COC(C)(C)C. The van der Waals surface area contributed by atoms with Crippen molar-refractivity contribution in [1.82, 2.24) is 0 Å². The number of hydrogen-bond acceptors (Lipinski definition) is 5. The summed E-state index contributed by atoms with van der Waals surface area (Å²) in [5.74, 6) is -0.744. The number of carbonyl (C=O) groups excluding carboxylic acids is 2. The van der Waals surface area contributed by atoms with E-state index in [-0.39, 0.29) is 18.1 Å². The van der Waals surface area contributed by atoms with E-state index in [1.54, 1.807) is 5.38 Å². The van der Waals surface area contributed by atoms with Crippen LogP contribution in [0, 0.1) is 6.92 Å². The molecule has 0 atom stereocenters. The molecule has 0 aliphatic rings. The largest absolute Gasteiger partial charge is 0.465 e. The molecule has 1 aromatic heterocycles. The molecule has 0 radical (unpaired) electrons. The molecule has 106 valence electrons. The monoisotopic (exact) mass is 285 g/mol. The Kier molecular flexibility index (Phi) is 5.08. The number of nitrogens with one attached hydrogen (secondary N) is 1. The summed E-state index contributed by atoms with van der Waals surface area (Å²) >= 11 is 1.24. The second-order valence-electron chi connectivity index (χ2n) is 5.06. The zero-order valence-electron chi connectivity index (χ0n) is 11.8. The van der Waals surface area contributed by atoms with Crippen LogP contribution in [0.2, 0.25) is 0 Å². The molecule has 0 aromatic carbocycles. The van der Waals surface area contributed by atoms with E-state index in [0.29, 0.717) is 10.6 Å². The summed E-state index contributed by atoms with van der Waals surface area (Å²) < 4.78 is 10.1. The number of thiophene rings is 1. The summed E-state index contributed by atoms with van der Waals surface area (Å²) in [6.45, 7) is 7.38. The van der Waals surface area contributed by atoms with Gasteiger partial charge in [-0.3, -0.25) is 4.79 Å². The van der Waals surface area contributed by atoms with Gasteiger partial charge in [-0.15, -0.1) is 11.3 Å². The van der Waals surface area contributed by atoms with Gasteiger partial charge < -0.3 is 14.8 Å². The number of methoxy groups -OCH3 is 1. The molecule has 1 amide bonds. The highest BCUT2D eigenvalue weighted by atomic mass is 32.1. The number of carbonyl (C=O) groups is 2. The lowest BCUT2D eigenvalue weighted by Gasteiger charge is -2.19. The minimum atomic E-state index is -0.454. The zero-order chi connectivity index (χ0) is 14.6. The quantitative estimate of drug-likeness (QED) is 0.864. The fraction of sp³-hybridized carbons (Fsp3) is 0.538. The van der Waals surface area contributed by atoms with E-state index in [1.807, 2.05) is 27.7 Å². The Bertz CT molecular complexity index is 473. The van der Waals surface area contributed by atoms with Gasteiger partial charge in [0.05, 0.1) is 18.4 Å². The fourth-order valence-electron chi connectivity index (χ4n) is 1.30. The van der Waals surface area contributed by atoms with Gasteiger partial charge in [0.1, 0.15) is 11.5 Å². The van der Waals surface area contributed by atoms with Gasteiger partial charge in [-0.05, 0) is 38.6 Å². The van der Waals surface area contributed by atoms with Gasteiger partial charge in [0, 0.05) is 0 Å². The molecular formula is C13H19NO4S.